The molecule has 1 aromatic heterocycles. The second-order valence-electron chi connectivity index (χ2n) is 2.05. The maximum absolute atomic E-state index is 3.92. The summed E-state index contributed by atoms with van der Waals surface area (Å²) in [5.74, 6) is 1.03. The summed E-state index contributed by atoms with van der Waals surface area (Å²) >= 11 is 3.31. The van der Waals surface area contributed by atoms with Crippen molar-refractivity contribution in [2.24, 2.45) is 0 Å². The fraction of sp³-hybridized carbons (Fsp3) is 0.429. The second-order valence-corrected chi connectivity index (χ2v) is 4.22. The first-order valence-electron chi connectivity index (χ1n) is 3.64. The molecule has 1 rings (SSSR count). The standard InChI is InChI=1S/C7H11N3S2/c1-2-3-8-4-5-11-7-10-9-6-12-7/h2,6,8H,1,3-5H2. The lowest BCUT2D eigenvalue weighted by molar-refractivity contribution is 0.806. The van der Waals surface area contributed by atoms with Crippen LogP contribution in [-0.2, 0) is 0 Å². The molecule has 12 heavy (non-hydrogen) atoms. The third-order valence-electron chi connectivity index (χ3n) is 1.13. The van der Waals surface area contributed by atoms with Gasteiger partial charge in [0.15, 0.2) is 4.34 Å². The van der Waals surface area contributed by atoms with Crippen LogP contribution >= 0.6 is 23.1 Å². The van der Waals surface area contributed by atoms with Crippen molar-refractivity contribution in [3.8, 4) is 0 Å². The Morgan fingerprint density at radius 3 is 3.33 bits per heavy atom. The monoisotopic (exact) mass is 201 g/mol. The minimum Gasteiger partial charge on any atom is -0.312 e. The first kappa shape index (κ1) is 9.70. The SMILES string of the molecule is C=CCNCCSc1nncs1. The van der Waals surface area contributed by atoms with E-state index in [1.165, 1.54) is 0 Å². The molecular formula is C7H11N3S2. The molecule has 3 nitrogen and oxygen atoms in total. The first-order chi connectivity index (χ1) is 5.93. The zero-order chi connectivity index (χ0) is 8.65. The summed E-state index contributed by atoms with van der Waals surface area (Å²) < 4.78 is 1.04. The molecule has 0 aliphatic carbocycles. The smallest absolute Gasteiger partial charge is 0.174 e. The van der Waals surface area contributed by atoms with Crippen molar-refractivity contribution in [3.05, 3.63) is 18.2 Å². The van der Waals surface area contributed by atoms with Crippen LogP contribution in [0.4, 0.5) is 0 Å². The molecule has 0 aromatic carbocycles. The molecule has 1 heterocycles. The fourth-order valence-corrected chi connectivity index (χ4v) is 2.10. The Hall–Kier alpha value is -0.390. The molecule has 0 atom stereocenters. The summed E-state index contributed by atoms with van der Waals surface area (Å²) in [7, 11) is 0. The maximum Gasteiger partial charge on any atom is 0.174 e. The summed E-state index contributed by atoms with van der Waals surface area (Å²) in [6, 6.07) is 0. The zero-order valence-corrected chi connectivity index (χ0v) is 8.33. The highest BCUT2D eigenvalue weighted by Crippen LogP contribution is 2.17. The molecule has 0 amide bonds. The molecule has 0 unspecified atom stereocenters. The lowest BCUT2D eigenvalue weighted by Crippen LogP contribution is -2.16. The van der Waals surface area contributed by atoms with Crippen LogP contribution in [0.1, 0.15) is 0 Å². The van der Waals surface area contributed by atoms with Crippen molar-refractivity contribution in [3.63, 3.8) is 0 Å². The molecule has 0 spiro atoms. The van der Waals surface area contributed by atoms with Gasteiger partial charge in [0, 0.05) is 18.8 Å². The topological polar surface area (TPSA) is 37.8 Å². The van der Waals surface area contributed by atoms with E-state index in [1.807, 2.05) is 6.08 Å². The molecule has 0 bridgehead atoms. The van der Waals surface area contributed by atoms with Gasteiger partial charge >= 0.3 is 0 Å². The van der Waals surface area contributed by atoms with Crippen molar-refractivity contribution in [1.29, 1.82) is 0 Å². The second kappa shape index (κ2) is 6.16. The molecule has 1 aromatic rings. The van der Waals surface area contributed by atoms with Crippen molar-refractivity contribution in [2.45, 2.75) is 4.34 Å². The van der Waals surface area contributed by atoms with Gasteiger partial charge in [0.1, 0.15) is 5.51 Å². The minimum absolute atomic E-state index is 0.872. The van der Waals surface area contributed by atoms with Crippen molar-refractivity contribution in [2.75, 3.05) is 18.8 Å². The van der Waals surface area contributed by atoms with Gasteiger partial charge in [-0.2, -0.15) is 0 Å². The fourth-order valence-electron chi connectivity index (χ4n) is 0.640. The van der Waals surface area contributed by atoms with E-state index in [1.54, 1.807) is 28.6 Å². The number of aromatic nitrogens is 2. The highest BCUT2D eigenvalue weighted by molar-refractivity contribution is 8.01. The maximum atomic E-state index is 3.92. The zero-order valence-electron chi connectivity index (χ0n) is 6.69. The first-order valence-corrected chi connectivity index (χ1v) is 5.50. The van der Waals surface area contributed by atoms with E-state index >= 15 is 0 Å². The van der Waals surface area contributed by atoms with E-state index in [2.05, 4.69) is 22.1 Å². The average Bonchev–Trinajstić information content (AvgIpc) is 2.57. The van der Waals surface area contributed by atoms with Gasteiger partial charge in [-0.15, -0.1) is 16.8 Å². The Balaban J connectivity index is 2.00. The third kappa shape index (κ3) is 3.85. The molecule has 0 saturated carbocycles. The molecule has 1 N–H and O–H groups in total. The average molecular weight is 201 g/mol. The minimum atomic E-state index is 0.872. The van der Waals surface area contributed by atoms with Crippen LogP contribution in [0.5, 0.6) is 0 Å². The van der Waals surface area contributed by atoms with Gasteiger partial charge in [0.05, 0.1) is 0 Å². The van der Waals surface area contributed by atoms with Gasteiger partial charge in [0.2, 0.25) is 0 Å². The molecular weight excluding hydrogens is 190 g/mol. The van der Waals surface area contributed by atoms with Crippen LogP contribution in [-0.4, -0.2) is 29.0 Å². The van der Waals surface area contributed by atoms with E-state index in [4.69, 9.17) is 0 Å². The van der Waals surface area contributed by atoms with Gasteiger partial charge in [0.25, 0.3) is 0 Å². The van der Waals surface area contributed by atoms with Crippen molar-refractivity contribution < 1.29 is 0 Å². The molecule has 0 radical (unpaired) electrons. The quantitative estimate of drug-likeness (QED) is 0.429. The third-order valence-corrected chi connectivity index (χ3v) is 3.00. The predicted octanol–water partition coefficient (Wildman–Crippen LogP) is 1.41. The molecule has 0 aliphatic rings. The van der Waals surface area contributed by atoms with E-state index in [9.17, 15) is 0 Å². The summed E-state index contributed by atoms with van der Waals surface area (Å²) in [6.45, 7) is 5.47. The normalized spacial score (nSPS) is 10.0. The Morgan fingerprint density at radius 2 is 2.67 bits per heavy atom. The van der Waals surface area contributed by atoms with E-state index < -0.39 is 0 Å². The number of thioether (sulfide) groups is 1. The van der Waals surface area contributed by atoms with Crippen LogP contribution in [0.2, 0.25) is 0 Å². The number of nitrogens with one attached hydrogen (secondary N) is 1. The Kier molecular flexibility index (Phi) is 4.98. The summed E-state index contributed by atoms with van der Waals surface area (Å²) in [4.78, 5) is 0. The van der Waals surface area contributed by atoms with Gasteiger partial charge < -0.3 is 5.32 Å². The number of nitrogens with zero attached hydrogens (tertiary/aromatic N) is 2. The van der Waals surface area contributed by atoms with E-state index in [0.717, 1.165) is 23.2 Å². The van der Waals surface area contributed by atoms with Crippen LogP contribution < -0.4 is 5.32 Å². The molecule has 0 fully saturated rings. The van der Waals surface area contributed by atoms with Crippen LogP contribution in [0.3, 0.4) is 0 Å². The van der Waals surface area contributed by atoms with Gasteiger partial charge in [-0.3, -0.25) is 0 Å². The van der Waals surface area contributed by atoms with E-state index in [-0.39, 0.29) is 0 Å². The summed E-state index contributed by atoms with van der Waals surface area (Å²) in [5.41, 5.74) is 1.75. The number of hydrogen-bond donors (Lipinski definition) is 1. The van der Waals surface area contributed by atoms with Crippen molar-refractivity contribution >= 4 is 23.1 Å². The largest absolute Gasteiger partial charge is 0.312 e. The molecule has 0 saturated heterocycles. The van der Waals surface area contributed by atoms with Crippen molar-refractivity contribution in [1.82, 2.24) is 15.5 Å². The van der Waals surface area contributed by atoms with E-state index in [0.29, 0.717) is 0 Å². The lowest BCUT2D eigenvalue weighted by atomic mass is 10.6. The van der Waals surface area contributed by atoms with Crippen LogP contribution in [0.15, 0.2) is 22.5 Å². The Morgan fingerprint density at radius 1 is 1.75 bits per heavy atom. The molecule has 0 aliphatic heterocycles. The number of rotatable bonds is 6. The Bertz CT molecular complexity index is 210. The predicted molar refractivity (Wildman–Crippen MR) is 53.7 cm³/mol. The molecule has 66 valence electrons. The van der Waals surface area contributed by atoms with Gasteiger partial charge in [-0.1, -0.05) is 29.2 Å². The van der Waals surface area contributed by atoms with Crippen LogP contribution in [0, 0.1) is 0 Å². The number of hydrogen-bond acceptors (Lipinski definition) is 5. The van der Waals surface area contributed by atoms with Gasteiger partial charge in [-0.25, -0.2) is 0 Å². The highest BCUT2D eigenvalue weighted by Gasteiger charge is 1.95. The summed E-state index contributed by atoms with van der Waals surface area (Å²) in [5, 5.41) is 10.9. The highest BCUT2D eigenvalue weighted by atomic mass is 32.2. The molecule has 5 heteroatoms. The Labute approximate surface area is 80.3 Å². The van der Waals surface area contributed by atoms with Crippen LogP contribution in [0.25, 0.3) is 0 Å². The lowest BCUT2D eigenvalue weighted by Gasteiger charge is -1.97. The summed E-state index contributed by atoms with van der Waals surface area (Å²) in [6.07, 6.45) is 1.86. The van der Waals surface area contributed by atoms with Gasteiger partial charge in [-0.05, 0) is 0 Å².